The van der Waals surface area contributed by atoms with Gasteiger partial charge in [-0.05, 0) is 58.7 Å². The Morgan fingerprint density at radius 2 is 1.84 bits per heavy atom. The van der Waals surface area contributed by atoms with Gasteiger partial charge in [-0.15, -0.1) is 0 Å². The molecule has 0 N–H and O–H groups in total. The minimum atomic E-state index is -1.97. The van der Waals surface area contributed by atoms with Crippen molar-refractivity contribution in [1.29, 1.82) is 0 Å². The molecule has 0 atom stereocenters. The summed E-state index contributed by atoms with van der Waals surface area (Å²) in [7, 11) is 0. The predicted molar refractivity (Wildman–Crippen MR) is 131 cm³/mol. The summed E-state index contributed by atoms with van der Waals surface area (Å²) in [6.45, 7) is 11.7. The average Bonchev–Trinajstić information content (AvgIpc) is 3.24. The number of benzene rings is 2. The first-order chi connectivity index (χ1) is 18.3. The van der Waals surface area contributed by atoms with Crippen LogP contribution in [0.1, 0.15) is 83.4 Å². The van der Waals surface area contributed by atoms with Crippen molar-refractivity contribution in [3.63, 3.8) is 0 Å². The van der Waals surface area contributed by atoms with Crippen LogP contribution in [0.2, 0.25) is 0 Å². The molecule has 160 valence electrons. The Kier molecular flexibility index (Phi) is 2.79. The van der Waals surface area contributed by atoms with E-state index in [1.54, 1.807) is 13.8 Å². The molecule has 2 heteroatoms. The van der Waals surface area contributed by atoms with Gasteiger partial charge in [-0.25, -0.2) is 0 Å². The highest BCUT2D eigenvalue weighted by Crippen LogP contribution is 2.52. The van der Waals surface area contributed by atoms with Crippen LogP contribution in [0.15, 0.2) is 52.9 Å². The van der Waals surface area contributed by atoms with E-state index in [1.807, 2.05) is 13.8 Å². The molecule has 5 rings (SSSR count). The summed E-state index contributed by atoms with van der Waals surface area (Å²) in [5, 5.41) is 0.738. The fraction of sp³-hybridized carbons (Fsp3) is 0.414. The van der Waals surface area contributed by atoms with Gasteiger partial charge in [0, 0.05) is 25.3 Å². The van der Waals surface area contributed by atoms with Crippen molar-refractivity contribution < 1.29 is 16.8 Å². The second-order valence-electron chi connectivity index (χ2n) is 10.1. The molecule has 0 aliphatic heterocycles. The minimum absolute atomic E-state index is 0.0107. The van der Waals surface area contributed by atoms with E-state index in [9.17, 15) is 1.37 Å². The summed E-state index contributed by atoms with van der Waals surface area (Å²) in [6.07, 6.45) is -0.779. The topological polar surface area (TPSA) is 26.0 Å². The van der Waals surface area contributed by atoms with Crippen molar-refractivity contribution in [3.05, 3.63) is 65.2 Å². The monoisotopic (exact) mass is 420 g/mol. The van der Waals surface area contributed by atoms with Crippen LogP contribution in [-0.2, 0) is 17.2 Å². The molecule has 2 nitrogen and oxygen atoms in total. The molecular weight excluding hydrogens is 378 g/mol. The van der Waals surface area contributed by atoms with E-state index in [4.69, 9.17) is 15.4 Å². The Labute approximate surface area is 198 Å². The molecule has 0 spiro atoms. The first kappa shape index (κ1) is 12.4. The molecule has 4 aromatic rings. The second kappa shape index (κ2) is 6.95. The number of aromatic nitrogens is 1. The average molecular weight is 421 g/mol. The molecule has 0 radical (unpaired) electrons. The second-order valence-corrected chi connectivity index (χ2v) is 10.1. The van der Waals surface area contributed by atoms with Crippen molar-refractivity contribution in [2.75, 3.05) is 0 Å². The zero-order valence-corrected chi connectivity index (χ0v) is 18.9. The van der Waals surface area contributed by atoms with Gasteiger partial charge in [0.2, 0.25) is 0 Å². The van der Waals surface area contributed by atoms with Crippen LogP contribution in [0, 0.1) is 5.92 Å². The molecule has 0 unspecified atom stereocenters. The van der Waals surface area contributed by atoms with Crippen LogP contribution in [0.25, 0.3) is 33.2 Å². The third kappa shape index (κ3) is 3.19. The van der Waals surface area contributed by atoms with Gasteiger partial charge < -0.3 is 4.42 Å². The maximum atomic E-state index is 9.39. The van der Waals surface area contributed by atoms with E-state index in [0.29, 0.717) is 10.9 Å². The standard InChI is InChI=1S/C29H33NO/c1-18(2)16-20-17-22-24(29(5,6)14-13-28(22,3)4)23-21-12-15-30-25(27(21)31-26(20)23)19-10-8-7-9-11-19/h7-12,15,17-18H,13-14,16H2,1-6H3/i7D,8D,9D,10D,12D,15D,16D2,17D. The van der Waals surface area contributed by atoms with Crippen LogP contribution < -0.4 is 0 Å². The van der Waals surface area contributed by atoms with Gasteiger partial charge in [0.25, 0.3) is 0 Å². The quantitative estimate of drug-likeness (QED) is 0.334. The number of furan rings is 1. The van der Waals surface area contributed by atoms with Gasteiger partial charge >= 0.3 is 0 Å². The molecule has 2 aromatic heterocycles. The molecule has 31 heavy (non-hydrogen) atoms. The van der Waals surface area contributed by atoms with Gasteiger partial charge in [-0.2, -0.15) is 0 Å². The van der Waals surface area contributed by atoms with Crippen molar-refractivity contribution >= 4 is 21.9 Å². The van der Waals surface area contributed by atoms with Crippen molar-refractivity contribution in [2.24, 2.45) is 5.92 Å². The summed E-state index contributed by atoms with van der Waals surface area (Å²) in [5.41, 5.74) is 0.884. The highest BCUT2D eigenvalue weighted by atomic mass is 16.3. The van der Waals surface area contributed by atoms with E-state index in [2.05, 4.69) is 18.8 Å². The molecule has 1 aliphatic rings. The third-order valence-corrected chi connectivity index (χ3v) is 6.41. The lowest BCUT2D eigenvalue weighted by Crippen LogP contribution is -2.34. The molecule has 1 aliphatic carbocycles. The molecule has 0 saturated heterocycles. The highest BCUT2D eigenvalue weighted by molar-refractivity contribution is 6.12. The number of nitrogens with zero attached hydrogens (tertiary/aromatic N) is 1. The zero-order valence-electron chi connectivity index (χ0n) is 27.9. The van der Waals surface area contributed by atoms with Crippen LogP contribution in [0.5, 0.6) is 0 Å². The molecule has 2 heterocycles. The lowest BCUT2D eigenvalue weighted by molar-refractivity contribution is 0.334. The zero-order chi connectivity index (χ0) is 29.9. The van der Waals surface area contributed by atoms with Crippen LogP contribution in [-0.4, -0.2) is 4.98 Å². The molecule has 2 aromatic carbocycles. The van der Waals surface area contributed by atoms with Crippen LogP contribution >= 0.6 is 0 Å². The molecule has 0 bridgehead atoms. The van der Waals surface area contributed by atoms with Crippen molar-refractivity contribution in [3.8, 4) is 11.3 Å². The van der Waals surface area contributed by atoms with Crippen molar-refractivity contribution in [2.45, 2.75) is 71.6 Å². The van der Waals surface area contributed by atoms with Gasteiger partial charge in [-0.3, -0.25) is 4.98 Å². The summed E-state index contributed by atoms with van der Waals surface area (Å²) < 4.78 is 84.3. The number of fused-ring (bicyclic) bond motifs is 5. The maximum absolute atomic E-state index is 9.39. The van der Waals surface area contributed by atoms with E-state index >= 15 is 0 Å². The summed E-state index contributed by atoms with van der Waals surface area (Å²) in [5.74, 6) is -0.508. The van der Waals surface area contributed by atoms with Gasteiger partial charge in [0.05, 0.1) is 9.60 Å². The van der Waals surface area contributed by atoms with E-state index < -0.39 is 35.2 Å². The van der Waals surface area contributed by atoms with Crippen LogP contribution in [0.4, 0.5) is 0 Å². The van der Waals surface area contributed by atoms with Crippen LogP contribution in [0.3, 0.4) is 0 Å². The van der Waals surface area contributed by atoms with E-state index in [-0.39, 0.29) is 63.7 Å². The highest BCUT2D eigenvalue weighted by Gasteiger charge is 2.40. The molecule has 0 fully saturated rings. The summed E-state index contributed by atoms with van der Waals surface area (Å²) in [4.78, 5) is 4.26. The first-order valence-corrected chi connectivity index (χ1v) is 10.8. The van der Waals surface area contributed by atoms with E-state index in [1.165, 1.54) is 6.07 Å². The van der Waals surface area contributed by atoms with Gasteiger partial charge in [0.1, 0.15) is 11.3 Å². The number of rotatable bonds is 3. The number of pyridine rings is 1. The Balaban J connectivity index is 2.12. The lowest BCUT2D eigenvalue weighted by Gasteiger charge is -2.42. The van der Waals surface area contributed by atoms with E-state index in [0.717, 1.165) is 18.4 Å². The smallest absolute Gasteiger partial charge is 0.161 e. The number of hydrogen-bond acceptors (Lipinski definition) is 2. The molecule has 0 amide bonds. The normalized spacial score (nSPS) is 22.0. The third-order valence-electron chi connectivity index (χ3n) is 6.41. The fourth-order valence-corrected chi connectivity index (χ4v) is 4.73. The van der Waals surface area contributed by atoms with Gasteiger partial charge in [0.15, 0.2) is 5.58 Å². The Morgan fingerprint density at radius 3 is 2.61 bits per heavy atom. The number of hydrogen-bond donors (Lipinski definition) is 0. The largest absolute Gasteiger partial charge is 0.453 e. The molecule has 0 saturated carbocycles. The summed E-state index contributed by atoms with van der Waals surface area (Å²) in [6, 6.07) is -0.389. The summed E-state index contributed by atoms with van der Waals surface area (Å²) >= 11 is 0. The lowest BCUT2D eigenvalue weighted by atomic mass is 9.61. The maximum Gasteiger partial charge on any atom is 0.161 e. The molecular formula is C29H33NO. The predicted octanol–water partition coefficient (Wildman–Crippen LogP) is 8.20. The fourth-order valence-electron chi connectivity index (χ4n) is 4.73. The minimum Gasteiger partial charge on any atom is -0.453 e. The van der Waals surface area contributed by atoms with Crippen molar-refractivity contribution in [1.82, 2.24) is 4.98 Å². The SMILES string of the molecule is [2H]c1cc(-c2nc([2H])c([2H])c3c2oc2c(C([2H])([2H])C(C)C)c([2H])c4c(c23)C(C)(C)CCC4(C)C)c([2H])c([2H])c1[2H]. The first-order valence-electron chi connectivity index (χ1n) is 15.3. The van der Waals surface area contributed by atoms with Gasteiger partial charge in [-0.1, -0.05) is 77.8 Å². The Bertz CT molecular complexity index is 1730. The Morgan fingerprint density at radius 1 is 1.06 bits per heavy atom. The Hall–Kier alpha value is -2.61.